The van der Waals surface area contributed by atoms with Gasteiger partial charge in [-0.2, -0.15) is 0 Å². The molecule has 1 aliphatic carbocycles. The third-order valence-corrected chi connectivity index (χ3v) is 4.89. The van der Waals surface area contributed by atoms with Crippen molar-refractivity contribution in [3.05, 3.63) is 29.8 Å². The van der Waals surface area contributed by atoms with Crippen molar-refractivity contribution in [2.24, 2.45) is 11.7 Å². The quantitative estimate of drug-likeness (QED) is 0.623. The van der Waals surface area contributed by atoms with Crippen molar-refractivity contribution in [2.75, 3.05) is 12.3 Å². The van der Waals surface area contributed by atoms with E-state index < -0.39 is 0 Å². The van der Waals surface area contributed by atoms with E-state index in [1.807, 2.05) is 0 Å². The van der Waals surface area contributed by atoms with Crippen molar-refractivity contribution < 1.29 is 4.79 Å². The van der Waals surface area contributed by atoms with Crippen molar-refractivity contribution in [1.82, 2.24) is 5.32 Å². The maximum atomic E-state index is 11.8. The third-order valence-electron chi connectivity index (χ3n) is 3.88. The summed E-state index contributed by atoms with van der Waals surface area (Å²) in [7, 11) is 0. The van der Waals surface area contributed by atoms with Gasteiger partial charge >= 0.3 is 0 Å². The molecule has 1 saturated carbocycles. The average molecular weight is 329 g/mol. The Bertz CT molecular complexity index is 438. The van der Waals surface area contributed by atoms with E-state index in [4.69, 9.17) is 5.73 Å². The number of nitrogens with one attached hydrogen (secondary N) is 1. The van der Waals surface area contributed by atoms with E-state index in [0.29, 0.717) is 12.3 Å². The van der Waals surface area contributed by atoms with Crippen LogP contribution >= 0.6 is 24.2 Å². The molecule has 2 atom stereocenters. The lowest BCUT2D eigenvalue weighted by atomic mass is 10.00. The number of carbonyl (C=O) groups excluding carboxylic acids is 1. The normalized spacial score (nSPS) is 20.9. The lowest BCUT2D eigenvalue weighted by Crippen LogP contribution is -2.32. The Morgan fingerprint density at radius 3 is 2.67 bits per heavy atom. The molecule has 0 aliphatic heterocycles. The van der Waals surface area contributed by atoms with E-state index in [9.17, 15) is 4.79 Å². The Balaban J connectivity index is 0.00000220. The van der Waals surface area contributed by atoms with Crippen molar-refractivity contribution in [3.63, 3.8) is 0 Å². The minimum absolute atomic E-state index is 0. The van der Waals surface area contributed by atoms with Gasteiger partial charge in [0.2, 0.25) is 5.91 Å². The number of aryl methyl sites for hydroxylation is 1. The molecule has 1 fully saturated rings. The maximum absolute atomic E-state index is 11.8. The molecule has 0 spiro atoms. The van der Waals surface area contributed by atoms with Gasteiger partial charge in [0.05, 0.1) is 0 Å². The first-order valence-corrected chi connectivity index (χ1v) is 8.35. The predicted molar refractivity (Wildman–Crippen MR) is 92.1 cm³/mol. The number of hydrogen-bond acceptors (Lipinski definition) is 3. The molecule has 5 heteroatoms. The van der Waals surface area contributed by atoms with Crippen LogP contribution in [-0.4, -0.2) is 24.2 Å². The summed E-state index contributed by atoms with van der Waals surface area (Å²) in [6, 6.07) is 8.70. The van der Waals surface area contributed by atoms with E-state index >= 15 is 0 Å². The molecular weight excluding hydrogens is 304 g/mol. The second kappa shape index (κ2) is 9.34. The summed E-state index contributed by atoms with van der Waals surface area (Å²) in [5.74, 6) is 1.45. The van der Waals surface area contributed by atoms with Crippen molar-refractivity contribution in [2.45, 2.75) is 43.5 Å². The number of benzene rings is 1. The van der Waals surface area contributed by atoms with Crippen LogP contribution in [0.3, 0.4) is 0 Å². The van der Waals surface area contributed by atoms with Gasteiger partial charge in [-0.1, -0.05) is 24.1 Å². The first-order chi connectivity index (χ1) is 9.65. The predicted octanol–water partition coefficient (Wildman–Crippen LogP) is 3.14. The minimum atomic E-state index is 0. The zero-order valence-electron chi connectivity index (χ0n) is 12.5. The van der Waals surface area contributed by atoms with Gasteiger partial charge < -0.3 is 11.1 Å². The molecule has 0 saturated heterocycles. The smallest absolute Gasteiger partial charge is 0.220 e. The van der Waals surface area contributed by atoms with Crippen LogP contribution < -0.4 is 11.1 Å². The molecule has 1 aromatic rings. The van der Waals surface area contributed by atoms with Gasteiger partial charge in [-0.05, 0) is 37.8 Å². The van der Waals surface area contributed by atoms with Crippen molar-refractivity contribution >= 4 is 30.1 Å². The van der Waals surface area contributed by atoms with Gasteiger partial charge in [0.25, 0.3) is 0 Å². The van der Waals surface area contributed by atoms with Crippen LogP contribution in [-0.2, 0) is 4.79 Å². The van der Waals surface area contributed by atoms with Gasteiger partial charge in [0.15, 0.2) is 0 Å². The van der Waals surface area contributed by atoms with Gasteiger partial charge in [-0.25, -0.2) is 0 Å². The molecule has 1 aliphatic rings. The number of rotatable bonds is 6. The highest BCUT2D eigenvalue weighted by Gasteiger charge is 2.25. The van der Waals surface area contributed by atoms with Crippen LogP contribution in [0.2, 0.25) is 0 Å². The monoisotopic (exact) mass is 328 g/mol. The lowest BCUT2D eigenvalue weighted by molar-refractivity contribution is -0.121. The van der Waals surface area contributed by atoms with Crippen LogP contribution in [0.15, 0.2) is 29.2 Å². The first-order valence-electron chi connectivity index (χ1n) is 7.37. The highest BCUT2D eigenvalue weighted by atomic mass is 35.5. The lowest BCUT2D eigenvalue weighted by Gasteiger charge is -2.14. The summed E-state index contributed by atoms with van der Waals surface area (Å²) in [6.07, 6.45) is 3.94. The van der Waals surface area contributed by atoms with Crippen molar-refractivity contribution in [3.8, 4) is 0 Å². The molecule has 3 N–H and O–H groups in total. The number of thioether (sulfide) groups is 1. The molecule has 0 bridgehead atoms. The number of amides is 1. The topological polar surface area (TPSA) is 55.1 Å². The molecular formula is C16H25ClN2OS. The summed E-state index contributed by atoms with van der Waals surface area (Å²) in [5, 5.41) is 3.00. The zero-order valence-corrected chi connectivity index (χ0v) is 14.1. The van der Waals surface area contributed by atoms with Crippen LogP contribution in [0, 0.1) is 12.8 Å². The van der Waals surface area contributed by atoms with Gasteiger partial charge in [0.1, 0.15) is 0 Å². The van der Waals surface area contributed by atoms with Crippen LogP contribution in [0.5, 0.6) is 0 Å². The van der Waals surface area contributed by atoms with Crippen LogP contribution in [0.1, 0.15) is 31.2 Å². The van der Waals surface area contributed by atoms with Gasteiger partial charge in [-0.3, -0.25) is 4.79 Å². The van der Waals surface area contributed by atoms with E-state index in [0.717, 1.165) is 25.1 Å². The van der Waals surface area contributed by atoms with E-state index in [2.05, 4.69) is 36.5 Å². The fourth-order valence-corrected chi connectivity index (χ4v) is 3.39. The average Bonchev–Trinajstić information content (AvgIpc) is 2.82. The highest BCUT2D eigenvalue weighted by Crippen LogP contribution is 2.26. The van der Waals surface area contributed by atoms with E-state index in [-0.39, 0.29) is 24.4 Å². The highest BCUT2D eigenvalue weighted by molar-refractivity contribution is 7.99. The fraction of sp³-hybridized carbons (Fsp3) is 0.562. The Morgan fingerprint density at radius 1 is 1.33 bits per heavy atom. The molecule has 0 radical (unpaired) electrons. The Kier molecular flexibility index (Phi) is 8.15. The zero-order chi connectivity index (χ0) is 14.4. The Morgan fingerprint density at radius 2 is 2.05 bits per heavy atom. The summed E-state index contributed by atoms with van der Waals surface area (Å²) >= 11 is 1.77. The number of hydrogen-bond donors (Lipinski definition) is 2. The summed E-state index contributed by atoms with van der Waals surface area (Å²) in [6.45, 7) is 2.81. The summed E-state index contributed by atoms with van der Waals surface area (Å²) in [5.41, 5.74) is 7.26. The third kappa shape index (κ3) is 6.29. The van der Waals surface area contributed by atoms with Crippen molar-refractivity contribution in [1.29, 1.82) is 0 Å². The Hall–Kier alpha value is -0.710. The molecule has 21 heavy (non-hydrogen) atoms. The number of halogens is 1. The summed E-state index contributed by atoms with van der Waals surface area (Å²) in [4.78, 5) is 13.1. The van der Waals surface area contributed by atoms with Gasteiger partial charge in [-0.15, -0.1) is 24.2 Å². The van der Waals surface area contributed by atoms with E-state index in [1.165, 1.54) is 16.9 Å². The number of nitrogens with two attached hydrogens (primary N) is 1. The molecule has 0 aromatic heterocycles. The maximum Gasteiger partial charge on any atom is 0.220 e. The summed E-state index contributed by atoms with van der Waals surface area (Å²) < 4.78 is 0. The molecule has 0 heterocycles. The fourth-order valence-electron chi connectivity index (χ4n) is 2.62. The van der Waals surface area contributed by atoms with Crippen LogP contribution in [0.25, 0.3) is 0 Å². The molecule has 3 nitrogen and oxygen atoms in total. The number of carbonyl (C=O) groups is 1. The molecule has 2 rings (SSSR count). The second-order valence-corrected chi connectivity index (χ2v) is 6.74. The SMILES string of the molecule is Cc1ccc(SCCNC(=O)C[C@@H]2CCC[C@H]2N)cc1.Cl. The van der Waals surface area contributed by atoms with Crippen LogP contribution in [0.4, 0.5) is 0 Å². The first kappa shape index (κ1) is 18.3. The minimum Gasteiger partial charge on any atom is -0.355 e. The largest absolute Gasteiger partial charge is 0.355 e. The van der Waals surface area contributed by atoms with E-state index in [1.54, 1.807) is 11.8 Å². The molecule has 1 amide bonds. The standard InChI is InChI=1S/C16H24N2OS.ClH/c1-12-5-7-14(8-6-12)20-10-9-18-16(19)11-13-3-2-4-15(13)17;/h5-8,13,15H,2-4,9-11,17H2,1H3,(H,18,19);1H/t13-,15+;/m0./s1. The second-order valence-electron chi connectivity index (χ2n) is 5.57. The van der Waals surface area contributed by atoms with Gasteiger partial charge in [0, 0.05) is 29.7 Å². The molecule has 118 valence electrons. The Labute approximate surface area is 137 Å². The molecule has 1 aromatic carbocycles. The molecule has 0 unspecified atom stereocenters.